The number of rotatable bonds is 7. The Morgan fingerprint density at radius 3 is 2.83 bits per heavy atom. The van der Waals surface area contributed by atoms with Crippen molar-refractivity contribution in [1.82, 2.24) is 4.90 Å². The molecule has 23 heavy (non-hydrogen) atoms. The standard InChI is InChI=1S/C17H23NO5/c1-13(7-9-22-14-5-3-2-4-6-14)17(21)18-8-10-23-15(12-18)11-16(19)20/h2-6,13,15H,7-12H2,1H3,(H,19,20)/t13-,15+/m0/s1. The van der Waals surface area contributed by atoms with E-state index in [0.29, 0.717) is 32.7 Å². The number of amides is 1. The van der Waals surface area contributed by atoms with Crippen molar-refractivity contribution in [3.8, 4) is 5.75 Å². The fraction of sp³-hybridized carbons (Fsp3) is 0.529. The second-order valence-corrected chi connectivity index (χ2v) is 5.73. The van der Waals surface area contributed by atoms with Gasteiger partial charge in [0.15, 0.2) is 0 Å². The molecule has 1 saturated heterocycles. The summed E-state index contributed by atoms with van der Waals surface area (Å²) < 4.78 is 11.0. The van der Waals surface area contributed by atoms with E-state index in [0.717, 1.165) is 5.75 Å². The predicted octanol–water partition coefficient (Wildman–Crippen LogP) is 1.79. The molecular formula is C17H23NO5. The number of aliphatic carboxylic acids is 1. The Morgan fingerprint density at radius 1 is 1.39 bits per heavy atom. The smallest absolute Gasteiger partial charge is 0.306 e. The molecule has 1 N–H and O–H groups in total. The molecule has 1 fully saturated rings. The summed E-state index contributed by atoms with van der Waals surface area (Å²) in [6, 6.07) is 9.49. The maximum atomic E-state index is 12.4. The van der Waals surface area contributed by atoms with Gasteiger partial charge < -0.3 is 19.5 Å². The maximum Gasteiger partial charge on any atom is 0.306 e. The Morgan fingerprint density at radius 2 is 2.13 bits per heavy atom. The van der Waals surface area contributed by atoms with E-state index in [-0.39, 0.29) is 18.2 Å². The summed E-state index contributed by atoms with van der Waals surface area (Å²) >= 11 is 0. The molecule has 1 heterocycles. The largest absolute Gasteiger partial charge is 0.494 e. The summed E-state index contributed by atoms with van der Waals surface area (Å²) in [5, 5.41) is 8.82. The molecule has 1 amide bonds. The zero-order chi connectivity index (χ0) is 16.7. The molecule has 0 bridgehead atoms. The molecule has 0 saturated carbocycles. The molecule has 1 aromatic carbocycles. The van der Waals surface area contributed by atoms with Crippen LogP contribution in [-0.4, -0.2) is 54.3 Å². The molecule has 1 aliphatic heterocycles. The van der Waals surface area contributed by atoms with Crippen LogP contribution in [0.5, 0.6) is 5.75 Å². The molecule has 0 radical (unpaired) electrons. The molecular weight excluding hydrogens is 298 g/mol. The van der Waals surface area contributed by atoms with Gasteiger partial charge in [0.05, 0.1) is 25.7 Å². The van der Waals surface area contributed by atoms with Gasteiger partial charge in [-0.1, -0.05) is 25.1 Å². The third kappa shape index (κ3) is 5.56. The van der Waals surface area contributed by atoms with Crippen molar-refractivity contribution in [3.05, 3.63) is 30.3 Å². The number of benzene rings is 1. The van der Waals surface area contributed by atoms with Crippen LogP contribution in [0.2, 0.25) is 0 Å². The first kappa shape index (κ1) is 17.3. The van der Waals surface area contributed by atoms with E-state index in [1.807, 2.05) is 37.3 Å². The number of carbonyl (C=O) groups excluding carboxylic acids is 1. The highest BCUT2D eigenvalue weighted by atomic mass is 16.5. The van der Waals surface area contributed by atoms with Gasteiger partial charge in [-0.15, -0.1) is 0 Å². The van der Waals surface area contributed by atoms with Crippen molar-refractivity contribution in [3.63, 3.8) is 0 Å². The van der Waals surface area contributed by atoms with Crippen molar-refractivity contribution >= 4 is 11.9 Å². The van der Waals surface area contributed by atoms with Crippen LogP contribution in [0.25, 0.3) is 0 Å². The van der Waals surface area contributed by atoms with Crippen molar-refractivity contribution in [1.29, 1.82) is 0 Å². The average molecular weight is 321 g/mol. The number of carboxylic acid groups (broad SMARTS) is 1. The number of nitrogens with zero attached hydrogens (tertiary/aromatic N) is 1. The van der Waals surface area contributed by atoms with E-state index in [9.17, 15) is 9.59 Å². The lowest BCUT2D eigenvalue weighted by Gasteiger charge is -2.34. The van der Waals surface area contributed by atoms with Crippen LogP contribution in [0.1, 0.15) is 19.8 Å². The Labute approximate surface area is 136 Å². The van der Waals surface area contributed by atoms with Gasteiger partial charge in [0.25, 0.3) is 0 Å². The van der Waals surface area contributed by atoms with Crippen molar-refractivity contribution < 1.29 is 24.2 Å². The summed E-state index contributed by atoms with van der Waals surface area (Å²) in [7, 11) is 0. The number of hydrogen-bond acceptors (Lipinski definition) is 4. The van der Waals surface area contributed by atoms with Crippen LogP contribution >= 0.6 is 0 Å². The zero-order valence-corrected chi connectivity index (χ0v) is 13.3. The number of hydrogen-bond donors (Lipinski definition) is 1. The van der Waals surface area contributed by atoms with Crippen LogP contribution in [-0.2, 0) is 14.3 Å². The van der Waals surface area contributed by atoms with E-state index >= 15 is 0 Å². The molecule has 1 aromatic rings. The van der Waals surface area contributed by atoms with Crippen LogP contribution in [0.15, 0.2) is 30.3 Å². The number of morpholine rings is 1. The monoisotopic (exact) mass is 321 g/mol. The second-order valence-electron chi connectivity index (χ2n) is 5.73. The summed E-state index contributed by atoms with van der Waals surface area (Å²) in [6.45, 7) is 3.59. The van der Waals surface area contributed by atoms with Gasteiger partial charge in [0, 0.05) is 19.0 Å². The number of carboxylic acids is 1. The zero-order valence-electron chi connectivity index (χ0n) is 13.3. The molecule has 6 heteroatoms. The van der Waals surface area contributed by atoms with Gasteiger partial charge in [-0.2, -0.15) is 0 Å². The number of carbonyl (C=O) groups is 2. The highest BCUT2D eigenvalue weighted by Gasteiger charge is 2.28. The Bertz CT molecular complexity index is 519. The third-order valence-electron chi connectivity index (χ3n) is 3.84. The minimum absolute atomic E-state index is 0.0281. The molecule has 2 atom stereocenters. The molecule has 126 valence electrons. The molecule has 2 rings (SSSR count). The highest BCUT2D eigenvalue weighted by Crippen LogP contribution is 2.15. The van der Waals surface area contributed by atoms with Gasteiger partial charge >= 0.3 is 5.97 Å². The fourth-order valence-electron chi connectivity index (χ4n) is 2.54. The Hall–Kier alpha value is -2.08. The minimum Gasteiger partial charge on any atom is -0.494 e. The van der Waals surface area contributed by atoms with Gasteiger partial charge in [0.1, 0.15) is 5.75 Å². The topological polar surface area (TPSA) is 76.1 Å². The van der Waals surface area contributed by atoms with Gasteiger partial charge in [-0.05, 0) is 18.6 Å². The lowest BCUT2D eigenvalue weighted by molar-refractivity contribution is -0.149. The van der Waals surface area contributed by atoms with Crippen molar-refractivity contribution in [2.24, 2.45) is 5.92 Å². The number of para-hydroxylation sites is 1. The van der Waals surface area contributed by atoms with Gasteiger partial charge in [0.2, 0.25) is 5.91 Å². The highest BCUT2D eigenvalue weighted by molar-refractivity contribution is 5.78. The molecule has 0 spiro atoms. The molecule has 0 unspecified atom stereocenters. The SMILES string of the molecule is C[C@@H](CCOc1ccccc1)C(=O)N1CCO[C@H](CC(=O)O)C1. The Balaban J connectivity index is 1.76. The lowest BCUT2D eigenvalue weighted by atomic mass is 10.1. The van der Waals surface area contributed by atoms with Gasteiger partial charge in [-0.3, -0.25) is 9.59 Å². The quantitative estimate of drug-likeness (QED) is 0.828. The molecule has 6 nitrogen and oxygen atoms in total. The van der Waals surface area contributed by atoms with E-state index in [1.165, 1.54) is 0 Å². The Kier molecular flexibility index (Phi) is 6.40. The summed E-state index contributed by atoms with van der Waals surface area (Å²) in [5.74, 6) is -0.253. The minimum atomic E-state index is -0.909. The van der Waals surface area contributed by atoms with Gasteiger partial charge in [-0.25, -0.2) is 0 Å². The van der Waals surface area contributed by atoms with E-state index in [2.05, 4.69) is 0 Å². The summed E-state index contributed by atoms with van der Waals surface area (Å²) in [4.78, 5) is 24.9. The summed E-state index contributed by atoms with van der Waals surface area (Å²) in [6.07, 6.45) is 0.127. The van der Waals surface area contributed by atoms with Crippen molar-refractivity contribution in [2.75, 3.05) is 26.3 Å². The normalized spacial score (nSPS) is 19.2. The van der Waals surface area contributed by atoms with E-state index < -0.39 is 12.1 Å². The molecule has 1 aliphatic rings. The first-order valence-electron chi connectivity index (χ1n) is 7.86. The second kappa shape index (κ2) is 8.53. The number of ether oxygens (including phenoxy) is 2. The third-order valence-corrected chi connectivity index (χ3v) is 3.84. The summed E-state index contributed by atoms with van der Waals surface area (Å²) in [5.41, 5.74) is 0. The average Bonchev–Trinajstić information content (AvgIpc) is 2.54. The predicted molar refractivity (Wildman–Crippen MR) is 84.3 cm³/mol. The van der Waals surface area contributed by atoms with Crippen molar-refractivity contribution in [2.45, 2.75) is 25.9 Å². The maximum absolute atomic E-state index is 12.4. The fourth-order valence-corrected chi connectivity index (χ4v) is 2.54. The van der Waals surface area contributed by atoms with E-state index in [1.54, 1.807) is 4.90 Å². The molecule has 0 aromatic heterocycles. The lowest BCUT2D eigenvalue weighted by Crippen LogP contribution is -2.48. The van der Waals surface area contributed by atoms with Crippen LogP contribution in [0.4, 0.5) is 0 Å². The van der Waals surface area contributed by atoms with Crippen LogP contribution in [0, 0.1) is 5.92 Å². The van der Waals surface area contributed by atoms with Crippen LogP contribution < -0.4 is 4.74 Å². The first-order chi connectivity index (χ1) is 11.1. The van der Waals surface area contributed by atoms with Crippen LogP contribution in [0.3, 0.4) is 0 Å². The molecule has 0 aliphatic carbocycles. The van der Waals surface area contributed by atoms with E-state index in [4.69, 9.17) is 14.6 Å². The first-order valence-corrected chi connectivity index (χ1v) is 7.86.